The maximum Gasteiger partial charge on any atom is 0.252 e. The fraction of sp³-hybridized carbons (Fsp3) is 0.300. The van der Waals surface area contributed by atoms with Crippen molar-refractivity contribution in [2.24, 2.45) is 0 Å². The van der Waals surface area contributed by atoms with E-state index in [-0.39, 0.29) is 5.56 Å². The number of imidazole rings is 1. The fourth-order valence-electron chi connectivity index (χ4n) is 1.34. The van der Waals surface area contributed by atoms with Crippen LogP contribution in [0.1, 0.15) is 18.6 Å². The van der Waals surface area contributed by atoms with Gasteiger partial charge in [-0.15, -0.1) is 0 Å². The molecule has 16 heavy (non-hydrogen) atoms. The summed E-state index contributed by atoms with van der Waals surface area (Å²) >= 11 is 0. The first-order chi connectivity index (χ1) is 7.78. The molecule has 0 bridgehead atoms. The van der Waals surface area contributed by atoms with Crippen molar-refractivity contribution in [2.45, 2.75) is 19.9 Å². The predicted octanol–water partition coefficient (Wildman–Crippen LogP) is 0.667. The molecule has 84 valence electrons. The van der Waals surface area contributed by atoms with E-state index in [1.165, 1.54) is 6.07 Å². The lowest BCUT2D eigenvalue weighted by Gasteiger charge is -2.04. The molecule has 0 amide bonds. The van der Waals surface area contributed by atoms with Crippen LogP contribution in [0.15, 0.2) is 23.3 Å². The Hall–Kier alpha value is -2.11. The molecule has 6 nitrogen and oxygen atoms in total. The number of aromatic amines is 2. The van der Waals surface area contributed by atoms with E-state index in [4.69, 9.17) is 0 Å². The number of hydrogen-bond acceptors (Lipinski definition) is 4. The Kier molecular flexibility index (Phi) is 3.00. The highest BCUT2D eigenvalue weighted by Gasteiger charge is 2.00. The molecule has 0 aliphatic rings. The topological polar surface area (TPSA) is 86.5 Å². The van der Waals surface area contributed by atoms with E-state index in [0.29, 0.717) is 24.6 Å². The third-order valence-corrected chi connectivity index (χ3v) is 2.12. The van der Waals surface area contributed by atoms with E-state index in [9.17, 15) is 4.79 Å². The van der Waals surface area contributed by atoms with Crippen LogP contribution < -0.4 is 10.9 Å². The van der Waals surface area contributed by atoms with Gasteiger partial charge in [-0.3, -0.25) is 4.79 Å². The van der Waals surface area contributed by atoms with Gasteiger partial charge < -0.3 is 15.3 Å². The lowest BCUT2D eigenvalue weighted by atomic mass is 10.4. The van der Waals surface area contributed by atoms with Crippen LogP contribution in [0.4, 0.5) is 5.82 Å². The van der Waals surface area contributed by atoms with E-state index >= 15 is 0 Å². The lowest BCUT2D eigenvalue weighted by molar-refractivity contribution is 0.905. The molecule has 2 rings (SSSR count). The van der Waals surface area contributed by atoms with Crippen molar-refractivity contribution in [3.63, 3.8) is 0 Å². The SMILES string of the molecule is CCc1nc(NCc2ncc[nH]2)cc(=O)[nH]1. The highest BCUT2D eigenvalue weighted by Crippen LogP contribution is 2.01. The Labute approximate surface area is 92.2 Å². The van der Waals surface area contributed by atoms with Crippen LogP contribution in [-0.4, -0.2) is 19.9 Å². The van der Waals surface area contributed by atoms with Crippen molar-refractivity contribution in [2.75, 3.05) is 5.32 Å². The monoisotopic (exact) mass is 219 g/mol. The van der Waals surface area contributed by atoms with Gasteiger partial charge in [-0.2, -0.15) is 0 Å². The molecular weight excluding hydrogens is 206 g/mol. The molecule has 0 radical (unpaired) electrons. The van der Waals surface area contributed by atoms with Gasteiger partial charge in [-0.25, -0.2) is 9.97 Å². The highest BCUT2D eigenvalue weighted by atomic mass is 16.1. The van der Waals surface area contributed by atoms with Crippen LogP contribution in [0.5, 0.6) is 0 Å². The zero-order valence-electron chi connectivity index (χ0n) is 8.95. The average Bonchev–Trinajstić information content (AvgIpc) is 2.78. The lowest BCUT2D eigenvalue weighted by Crippen LogP contribution is -2.13. The molecule has 2 aromatic rings. The first-order valence-corrected chi connectivity index (χ1v) is 5.10. The second-order valence-corrected chi connectivity index (χ2v) is 3.32. The minimum Gasteiger partial charge on any atom is -0.363 e. The van der Waals surface area contributed by atoms with Crippen molar-refractivity contribution >= 4 is 5.82 Å². The number of nitrogens with one attached hydrogen (secondary N) is 3. The molecule has 0 spiro atoms. The van der Waals surface area contributed by atoms with Crippen LogP contribution in [0, 0.1) is 0 Å². The van der Waals surface area contributed by atoms with Gasteiger partial charge in [0.05, 0.1) is 6.54 Å². The highest BCUT2D eigenvalue weighted by molar-refractivity contribution is 5.33. The van der Waals surface area contributed by atoms with Crippen molar-refractivity contribution in [3.8, 4) is 0 Å². The van der Waals surface area contributed by atoms with E-state index in [2.05, 4.69) is 25.3 Å². The number of aromatic nitrogens is 4. The van der Waals surface area contributed by atoms with Crippen LogP contribution >= 0.6 is 0 Å². The third kappa shape index (κ3) is 2.47. The first kappa shape index (κ1) is 10.4. The van der Waals surface area contributed by atoms with Crippen LogP contribution in [0.25, 0.3) is 0 Å². The first-order valence-electron chi connectivity index (χ1n) is 5.10. The molecule has 2 aromatic heterocycles. The van der Waals surface area contributed by atoms with Gasteiger partial charge in [0.2, 0.25) is 0 Å². The van der Waals surface area contributed by atoms with Gasteiger partial charge >= 0.3 is 0 Å². The number of nitrogens with zero attached hydrogens (tertiary/aromatic N) is 2. The van der Waals surface area contributed by atoms with Gasteiger partial charge in [0, 0.05) is 24.9 Å². The van der Waals surface area contributed by atoms with Gasteiger partial charge in [-0.05, 0) is 0 Å². The Morgan fingerprint density at radius 1 is 1.44 bits per heavy atom. The molecule has 2 heterocycles. The summed E-state index contributed by atoms with van der Waals surface area (Å²) in [6.45, 7) is 2.46. The second kappa shape index (κ2) is 4.61. The number of anilines is 1. The molecule has 0 saturated heterocycles. The molecule has 0 aromatic carbocycles. The number of rotatable bonds is 4. The number of aryl methyl sites for hydroxylation is 1. The summed E-state index contributed by atoms with van der Waals surface area (Å²) in [6.07, 6.45) is 4.13. The molecule has 6 heteroatoms. The smallest absolute Gasteiger partial charge is 0.252 e. The number of hydrogen-bond donors (Lipinski definition) is 3. The second-order valence-electron chi connectivity index (χ2n) is 3.32. The standard InChI is InChI=1S/C10H13N5O/c1-2-7-14-8(5-10(16)15-7)13-6-9-11-3-4-12-9/h3-5H,2,6H2,1H3,(H,11,12)(H2,13,14,15,16). The summed E-state index contributed by atoms with van der Waals surface area (Å²) in [5.74, 6) is 2.05. The molecular formula is C10H13N5O. The zero-order valence-corrected chi connectivity index (χ0v) is 8.95. The molecule has 0 fully saturated rings. The molecule has 3 N–H and O–H groups in total. The summed E-state index contributed by atoms with van der Waals surface area (Å²) in [5.41, 5.74) is -0.145. The third-order valence-electron chi connectivity index (χ3n) is 2.12. The van der Waals surface area contributed by atoms with E-state index in [1.54, 1.807) is 12.4 Å². The van der Waals surface area contributed by atoms with Gasteiger partial charge in [-0.1, -0.05) is 6.92 Å². The average molecular weight is 219 g/mol. The minimum absolute atomic E-state index is 0.145. The van der Waals surface area contributed by atoms with Crippen molar-refractivity contribution < 1.29 is 0 Å². The molecule has 0 unspecified atom stereocenters. The van der Waals surface area contributed by atoms with Gasteiger partial charge in [0.15, 0.2) is 0 Å². The largest absolute Gasteiger partial charge is 0.363 e. The maximum absolute atomic E-state index is 11.3. The summed E-state index contributed by atoms with van der Waals surface area (Å²) in [5, 5.41) is 3.04. The Morgan fingerprint density at radius 2 is 2.31 bits per heavy atom. The quantitative estimate of drug-likeness (QED) is 0.705. The summed E-state index contributed by atoms with van der Waals surface area (Å²) in [7, 11) is 0. The molecule has 0 aliphatic heterocycles. The molecule has 0 aliphatic carbocycles. The molecule has 0 saturated carbocycles. The van der Waals surface area contributed by atoms with Crippen molar-refractivity contribution in [1.29, 1.82) is 0 Å². The number of H-pyrrole nitrogens is 2. The van der Waals surface area contributed by atoms with Crippen molar-refractivity contribution in [1.82, 2.24) is 19.9 Å². The van der Waals surface area contributed by atoms with E-state index < -0.39 is 0 Å². The Bertz CT molecular complexity index is 502. The maximum atomic E-state index is 11.3. The Morgan fingerprint density at radius 3 is 3.00 bits per heavy atom. The van der Waals surface area contributed by atoms with Crippen LogP contribution in [0.2, 0.25) is 0 Å². The molecule has 0 atom stereocenters. The summed E-state index contributed by atoms with van der Waals surface area (Å²) < 4.78 is 0. The van der Waals surface area contributed by atoms with E-state index in [0.717, 1.165) is 5.82 Å². The van der Waals surface area contributed by atoms with Crippen LogP contribution in [-0.2, 0) is 13.0 Å². The zero-order chi connectivity index (χ0) is 11.4. The van der Waals surface area contributed by atoms with Crippen molar-refractivity contribution in [3.05, 3.63) is 40.5 Å². The van der Waals surface area contributed by atoms with Crippen LogP contribution in [0.3, 0.4) is 0 Å². The van der Waals surface area contributed by atoms with Gasteiger partial charge in [0.1, 0.15) is 17.5 Å². The van der Waals surface area contributed by atoms with Gasteiger partial charge in [0.25, 0.3) is 5.56 Å². The minimum atomic E-state index is -0.145. The summed E-state index contributed by atoms with van der Waals surface area (Å²) in [4.78, 5) is 25.2. The normalized spacial score (nSPS) is 10.3. The fourth-order valence-corrected chi connectivity index (χ4v) is 1.34. The summed E-state index contributed by atoms with van der Waals surface area (Å²) in [6, 6.07) is 1.43. The van der Waals surface area contributed by atoms with E-state index in [1.807, 2.05) is 6.92 Å². The predicted molar refractivity (Wildman–Crippen MR) is 60.2 cm³/mol. The Balaban J connectivity index is 2.09.